The molecular formula is C13H19BrN2OS. The Morgan fingerprint density at radius 3 is 2.89 bits per heavy atom. The second-order valence-corrected chi connectivity index (χ2v) is 6.05. The van der Waals surface area contributed by atoms with Gasteiger partial charge in [0.25, 0.3) is 0 Å². The van der Waals surface area contributed by atoms with E-state index in [0.29, 0.717) is 5.75 Å². The van der Waals surface area contributed by atoms with Crippen LogP contribution in [-0.4, -0.2) is 18.2 Å². The molecule has 3 nitrogen and oxygen atoms in total. The number of hydrogen-bond donors (Lipinski definition) is 2. The normalized spacial score (nSPS) is 12.4. The average Bonchev–Trinajstić information content (AvgIpc) is 2.33. The summed E-state index contributed by atoms with van der Waals surface area (Å²) in [4.78, 5) is 12.0. The molecule has 3 N–H and O–H groups in total. The molecule has 0 saturated carbocycles. The monoisotopic (exact) mass is 330 g/mol. The van der Waals surface area contributed by atoms with E-state index in [0.717, 1.165) is 22.3 Å². The molecule has 0 radical (unpaired) electrons. The molecule has 1 aromatic rings. The molecule has 0 aliphatic heterocycles. The van der Waals surface area contributed by atoms with Crippen LogP contribution in [0.1, 0.15) is 31.9 Å². The average molecular weight is 331 g/mol. The highest BCUT2D eigenvalue weighted by Crippen LogP contribution is 2.30. The van der Waals surface area contributed by atoms with Gasteiger partial charge in [0.2, 0.25) is 5.91 Å². The van der Waals surface area contributed by atoms with Crippen LogP contribution in [0, 0.1) is 0 Å². The van der Waals surface area contributed by atoms with E-state index in [2.05, 4.69) is 41.2 Å². The van der Waals surface area contributed by atoms with Gasteiger partial charge in [0.1, 0.15) is 0 Å². The van der Waals surface area contributed by atoms with Gasteiger partial charge in [-0.3, -0.25) is 4.79 Å². The number of hydrogen-bond acceptors (Lipinski definition) is 3. The number of amides is 1. The van der Waals surface area contributed by atoms with Crippen molar-refractivity contribution in [3.8, 4) is 0 Å². The number of nitrogens with two attached hydrogens (primary N) is 1. The zero-order valence-corrected chi connectivity index (χ0v) is 13.1. The molecule has 1 unspecified atom stereocenters. The van der Waals surface area contributed by atoms with Crippen molar-refractivity contribution in [1.82, 2.24) is 5.32 Å². The summed E-state index contributed by atoms with van der Waals surface area (Å²) >= 11 is 4.94. The van der Waals surface area contributed by atoms with Gasteiger partial charge in [0, 0.05) is 15.4 Å². The Labute approximate surface area is 121 Å². The van der Waals surface area contributed by atoms with E-state index in [1.165, 1.54) is 17.3 Å². The molecule has 0 heterocycles. The summed E-state index contributed by atoms with van der Waals surface area (Å²) in [6, 6.07) is 6.41. The number of rotatable bonds is 7. The minimum atomic E-state index is -0.292. The van der Waals surface area contributed by atoms with E-state index in [9.17, 15) is 4.79 Å². The Bertz CT molecular complexity index is 412. The summed E-state index contributed by atoms with van der Waals surface area (Å²) in [6.07, 6.45) is 1.10. The summed E-state index contributed by atoms with van der Waals surface area (Å²) in [6.45, 7) is 5.26. The maximum Gasteiger partial charge on any atom is 0.227 e. The third-order valence-electron chi connectivity index (χ3n) is 2.51. The van der Waals surface area contributed by atoms with Gasteiger partial charge in [-0.1, -0.05) is 28.9 Å². The van der Waals surface area contributed by atoms with E-state index in [1.54, 1.807) is 0 Å². The third kappa shape index (κ3) is 5.00. The van der Waals surface area contributed by atoms with E-state index in [4.69, 9.17) is 5.73 Å². The molecule has 0 aromatic heterocycles. The second-order valence-electron chi connectivity index (χ2n) is 4.11. The first-order valence-electron chi connectivity index (χ1n) is 5.98. The Hall–Kier alpha value is -0.520. The Kier molecular flexibility index (Phi) is 6.75. The van der Waals surface area contributed by atoms with Crippen LogP contribution >= 0.6 is 27.7 Å². The summed E-state index contributed by atoms with van der Waals surface area (Å²) in [5.74, 6) is 0.0179. The molecule has 0 aliphatic rings. The molecule has 18 heavy (non-hydrogen) atoms. The van der Waals surface area contributed by atoms with E-state index >= 15 is 0 Å². The number of halogens is 1. The van der Waals surface area contributed by atoms with Gasteiger partial charge in [-0.25, -0.2) is 0 Å². The zero-order chi connectivity index (χ0) is 13.5. The van der Waals surface area contributed by atoms with Crippen molar-refractivity contribution in [3.05, 3.63) is 28.2 Å². The van der Waals surface area contributed by atoms with Crippen molar-refractivity contribution < 1.29 is 4.79 Å². The highest BCUT2D eigenvalue weighted by molar-refractivity contribution is 9.10. The maximum absolute atomic E-state index is 10.9. The van der Waals surface area contributed by atoms with Crippen molar-refractivity contribution in [2.24, 2.45) is 5.73 Å². The van der Waals surface area contributed by atoms with Crippen LogP contribution in [-0.2, 0) is 4.79 Å². The quantitative estimate of drug-likeness (QED) is 0.755. The van der Waals surface area contributed by atoms with Crippen LogP contribution < -0.4 is 11.1 Å². The van der Waals surface area contributed by atoms with Crippen molar-refractivity contribution in [1.29, 1.82) is 0 Å². The molecule has 5 heteroatoms. The van der Waals surface area contributed by atoms with Gasteiger partial charge >= 0.3 is 0 Å². The number of nitrogens with one attached hydrogen (secondary N) is 1. The first kappa shape index (κ1) is 15.5. The van der Waals surface area contributed by atoms with Gasteiger partial charge in [-0.05, 0) is 37.6 Å². The number of carbonyl (C=O) groups is 1. The lowest BCUT2D eigenvalue weighted by molar-refractivity contribution is -0.115. The smallest absolute Gasteiger partial charge is 0.227 e. The molecule has 1 aromatic carbocycles. The van der Waals surface area contributed by atoms with Crippen LogP contribution in [0.4, 0.5) is 0 Å². The van der Waals surface area contributed by atoms with Crippen LogP contribution in [0.25, 0.3) is 0 Å². The topological polar surface area (TPSA) is 55.1 Å². The molecular weight excluding hydrogens is 312 g/mol. The first-order valence-corrected chi connectivity index (χ1v) is 7.76. The van der Waals surface area contributed by atoms with Gasteiger partial charge in [0.05, 0.1) is 5.75 Å². The van der Waals surface area contributed by atoms with E-state index < -0.39 is 0 Å². The second kappa shape index (κ2) is 7.81. The lowest BCUT2D eigenvalue weighted by Crippen LogP contribution is -2.20. The molecule has 0 fully saturated rings. The summed E-state index contributed by atoms with van der Waals surface area (Å²) in [5, 5.41) is 3.45. The highest BCUT2D eigenvalue weighted by Gasteiger charge is 2.11. The van der Waals surface area contributed by atoms with Crippen LogP contribution in [0.5, 0.6) is 0 Å². The lowest BCUT2D eigenvalue weighted by Gasteiger charge is -2.17. The van der Waals surface area contributed by atoms with Crippen LogP contribution in [0.3, 0.4) is 0 Å². The molecule has 0 aliphatic carbocycles. The Balaban J connectivity index is 2.84. The fourth-order valence-electron chi connectivity index (χ4n) is 1.61. The van der Waals surface area contributed by atoms with Gasteiger partial charge in [-0.2, -0.15) is 0 Å². The third-order valence-corrected chi connectivity index (χ3v) is 4.10. The Morgan fingerprint density at radius 2 is 2.28 bits per heavy atom. The SMILES string of the molecule is CCCNC(C)c1ccc(Br)cc1SCC(N)=O. The molecule has 100 valence electrons. The molecule has 1 atom stereocenters. The van der Waals surface area contributed by atoms with Gasteiger partial charge in [0.15, 0.2) is 0 Å². The predicted molar refractivity (Wildman–Crippen MR) is 80.8 cm³/mol. The minimum absolute atomic E-state index is 0.272. The fraction of sp³-hybridized carbons (Fsp3) is 0.462. The molecule has 0 bridgehead atoms. The van der Waals surface area contributed by atoms with Crippen LogP contribution in [0.15, 0.2) is 27.6 Å². The molecule has 1 amide bonds. The predicted octanol–water partition coefficient (Wildman–Crippen LogP) is 3.09. The number of primary amides is 1. The van der Waals surface area contributed by atoms with E-state index in [-0.39, 0.29) is 11.9 Å². The van der Waals surface area contributed by atoms with Crippen molar-refractivity contribution >= 4 is 33.6 Å². The van der Waals surface area contributed by atoms with Crippen molar-refractivity contribution in [2.45, 2.75) is 31.2 Å². The van der Waals surface area contributed by atoms with Crippen molar-refractivity contribution in [2.75, 3.05) is 12.3 Å². The zero-order valence-electron chi connectivity index (χ0n) is 10.7. The Morgan fingerprint density at radius 1 is 1.56 bits per heavy atom. The summed E-state index contributed by atoms with van der Waals surface area (Å²) < 4.78 is 1.01. The summed E-state index contributed by atoms with van der Waals surface area (Å²) in [7, 11) is 0. The number of thioether (sulfide) groups is 1. The molecule has 0 spiro atoms. The standard InChI is InChI=1S/C13H19BrN2OS/c1-3-6-16-9(2)11-5-4-10(14)7-12(11)18-8-13(15)17/h4-5,7,9,16H,3,6,8H2,1-2H3,(H2,15,17). The first-order chi connectivity index (χ1) is 8.54. The summed E-state index contributed by atoms with van der Waals surface area (Å²) in [5.41, 5.74) is 6.40. The van der Waals surface area contributed by atoms with Gasteiger partial charge < -0.3 is 11.1 Å². The largest absolute Gasteiger partial charge is 0.369 e. The highest BCUT2D eigenvalue weighted by atomic mass is 79.9. The lowest BCUT2D eigenvalue weighted by atomic mass is 10.1. The van der Waals surface area contributed by atoms with Crippen molar-refractivity contribution in [3.63, 3.8) is 0 Å². The maximum atomic E-state index is 10.9. The minimum Gasteiger partial charge on any atom is -0.369 e. The molecule has 0 saturated heterocycles. The fourth-order valence-corrected chi connectivity index (χ4v) is 3.04. The number of carbonyl (C=O) groups excluding carboxylic acids is 1. The van der Waals surface area contributed by atoms with E-state index in [1.807, 2.05) is 12.1 Å². The van der Waals surface area contributed by atoms with Gasteiger partial charge in [-0.15, -0.1) is 11.8 Å². The number of benzene rings is 1. The molecule has 1 rings (SSSR count). The van der Waals surface area contributed by atoms with Crippen LogP contribution in [0.2, 0.25) is 0 Å².